The molecule has 0 aliphatic rings. The van der Waals surface area contributed by atoms with Crippen LogP contribution in [0.1, 0.15) is 10.4 Å². The van der Waals surface area contributed by atoms with E-state index in [0.717, 1.165) is 12.2 Å². The second-order valence-electron chi connectivity index (χ2n) is 3.71. The second-order valence-corrected chi connectivity index (χ2v) is 5.15. The molecule has 0 N–H and O–H groups in total. The zero-order valence-corrected chi connectivity index (χ0v) is 10.9. The molecule has 0 radical (unpaired) electrons. The Balaban J connectivity index is 2.17. The van der Waals surface area contributed by atoms with Crippen molar-refractivity contribution in [2.45, 2.75) is 6.54 Å². The summed E-state index contributed by atoms with van der Waals surface area (Å²) in [6.45, 7) is 0.847. The highest BCUT2D eigenvalue weighted by atomic mass is 35.5. The SMILES string of the molecule is CN(Cc1cccs1)c1ccc(C#N)c(Cl)c1. The molecule has 2 rings (SSSR count). The molecule has 2 nitrogen and oxygen atoms in total. The summed E-state index contributed by atoms with van der Waals surface area (Å²) in [6, 6.07) is 11.7. The van der Waals surface area contributed by atoms with Crippen molar-refractivity contribution in [2.75, 3.05) is 11.9 Å². The van der Waals surface area contributed by atoms with Gasteiger partial charge in [0.15, 0.2) is 0 Å². The van der Waals surface area contributed by atoms with E-state index in [1.807, 2.05) is 25.2 Å². The number of halogens is 1. The van der Waals surface area contributed by atoms with Gasteiger partial charge in [0.2, 0.25) is 0 Å². The molecule has 17 heavy (non-hydrogen) atoms. The first-order chi connectivity index (χ1) is 8.20. The number of rotatable bonds is 3. The molecule has 0 spiro atoms. The zero-order chi connectivity index (χ0) is 12.3. The Morgan fingerprint density at radius 1 is 1.41 bits per heavy atom. The van der Waals surface area contributed by atoms with Gasteiger partial charge < -0.3 is 4.90 Å². The lowest BCUT2D eigenvalue weighted by molar-refractivity contribution is 0.940. The quantitative estimate of drug-likeness (QED) is 0.839. The third-order valence-electron chi connectivity index (χ3n) is 2.49. The Morgan fingerprint density at radius 2 is 2.24 bits per heavy atom. The van der Waals surface area contributed by atoms with Gasteiger partial charge in [-0.25, -0.2) is 0 Å². The van der Waals surface area contributed by atoms with Crippen LogP contribution in [0.5, 0.6) is 0 Å². The van der Waals surface area contributed by atoms with E-state index in [1.165, 1.54) is 4.88 Å². The summed E-state index contributed by atoms with van der Waals surface area (Å²) in [4.78, 5) is 3.41. The van der Waals surface area contributed by atoms with Crippen LogP contribution in [0, 0.1) is 11.3 Å². The van der Waals surface area contributed by atoms with Crippen molar-refractivity contribution in [3.05, 3.63) is 51.2 Å². The van der Waals surface area contributed by atoms with Gasteiger partial charge in [-0.2, -0.15) is 5.26 Å². The number of nitrogens with zero attached hydrogens (tertiary/aromatic N) is 2. The molecule has 4 heteroatoms. The predicted octanol–water partition coefficient (Wildman–Crippen LogP) is 3.91. The lowest BCUT2D eigenvalue weighted by Gasteiger charge is -2.18. The molecule has 0 unspecified atom stereocenters. The minimum atomic E-state index is 0.503. The molecule has 86 valence electrons. The van der Waals surface area contributed by atoms with Crippen molar-refractivity contribution in [2.24, 2.45) is 0 Å². The largest absolute Gasteiger partial charge is 0.369 e. The Hall–Kier alpha value is -1.50. The topological polar surface area (TPSA) is 27.0 Å². The lowest BCUT2D eigenvalue weighted by Crippen LogP contribution is -2.15. The Morgan fingerprint density at radius 3 is 2.82 bits per heavy atom. The molecule has 0 amide bonds. The summed E-state index contributed by atoms with van der Waals surface area (Å²) in [5, 5.41) is 11.4. The third kappa shape index (κ3) is 2.79. The van der Waals surface area contributed by atoms with Gasteiger partial charge in [0.1, 0.15) is 6.07 Å². The molecule has 0 atom stereocenters. The van der Waals surface area contributed by atoms with Crippen molar-refractivity contribution >= 4 is 28.6 Å². The maximum absolute atomic E-state index is 8.81. The fourth-order valence-electron chi connectivity index (χ4n) is 1.56. The monoisotopic (exact) mass is 262 g/mol. The maximum atomic E-state index is 8.81. The van der Waals surface area contributed by atoms with Gasteiger partial charge in [0.25, 0.3) is 0 Å². The van der Waals surface area contributed by atoms with E-state index >= 15 is 0 Å². The number of hydrogen-bond donors (Lipinski definition) is 0. The highest BCUT2D eigenvalue weighted by molar-refractivity contribution is 7.09. The molecule has 1 aromatic heterocycles. The Bertz CT molecular complexity index is 543. The first kappa shape index (κ1) is 12.0. The van der Waals surface area contributed by atoms with Crippen molar-refractivity contribution in [1.82, 2.24) is 0 Å². The molecule has 0 saturated carbocycles. The van der Waals surface area contributed by atoms with Crippen molar-refractivity contribution in [1.29, 1.82) is 5.26 Å². The standard InChI is InChI=1S/C13H11ClN2S/c1-16(9-12-3-2-6-17-12)11-5-4-10(8-15)13(14)7-11/h2-7H,9H2,1H3. The third-order valence-corrected chi connectivity index (χ3v) is 3.66. The molecular weight excluding hydrogens is 252 g/mol. The summed E-state index contributed by atoms with van der Waals surface area (Å²) >= 11 is 7.74. The molecule has 0 aliphatic heterocycles. The second kappa shape index (κ2) is 5.22. The van der Waals surface area contributed by atoms with Gasteiger partial charge in [0.05, 0.1) is 17.1 Å². The predicted molar refractivity (Wildman–Crippen MR) is 72.6 cm³/mol. The average Bonchev–Trinajstić information content (AvgIpc) is 2.81. The molecule has 1 aromatic carbocycles. The smallest absolute Gasteiger partial charge is 0.101 e. The van der Waals surface area contributed by atoms with E-state index in [0.29, 0.717) is 10.6 Å². The number of hydrogen-bond acceptors (Lipinski definition) is 3. The fraction of sp³-hybridized carbons (Fsp3) is 0.154. The Kier molecular flexibility index (Phi) is 3.68. The summed E-state index contributed by atoms with van der Waals surface area (Å²) in [6.07, 6.45) is 0. The average molecular weight is 263 g/mol. The number of anilines is 1. The van der Waals surface area contributed by atoms with Crippen LogP contribution in [0.15, 0.2) is 35.7 Å². The molecular formula is C13H11ClN2S. The van der Waals surface area contributed by atoms with Crippen LogP contribution in [0.3, 0.4) is 0 Å². The van der Waals surface area contributed by atoms with E-state index in [9.17, 15) is 0 Å². The Labute approximate surface area is 110 Å². The zero-order valence-electron chi connectivity index (χ0n) is 9.35. The van der Waals surface area contributed by atoms with Gasteiger partial charge in [-0.15, -0.1) is 11.3 Å². The van der Waals surface area contributed by atoms with Crippen LogP contribution in [-0.2, 0) is 6.54 Å². The van der Waals surface area contributed by atoms with Crippen molar-refractivity contribution in [3.8, 4) is 6.07 Å². The van der Waals surface area contributed by atoms with Gasteiger partial charge in [-0.3, -0.25) is 0 Å². The van der Waals surface area contributed by atoms with Crippen LogP contribution < -0.4 is 4.90 Å². The normalized spacial score (nSPS) is 9.94. The van der Waals surface area contributed by atoms with Crippen LogP contribution in [-0.4, -0.2) is 7.05 Å². The summed E-state index contributed by atoms with van der Waals surface area (Å²) in [5.74, 6) is 0. The highest BCUT2D eigenvalue weighted by Crippen LogP contribution is 2.24. The fourth-order valence-corrected chi connectivity index (χ4v) is 2.53. The first-order valence-electron chi connectivity index (χ1n) is 5.14. The highest BCUT2D eigenvalue weighted by Gasteiger charge is 2.06. The van der Waals surface area contributed by atoms with Gasteiger partial charge in [0, 0.05) is 17.6 Å². The van der Waals surface area contributed by atoms with Crippen LogP contribution in [0.25, 0.3) is 0 Å². The number of thiophene rings is 1. The van der Waals surface area contributed by atoms with Crippen LogP contribution >= 0.6 is 22.9 Å². The van der Waals surface area contributed by atoms with Crippen LogP contribution in [0.4, 0.5) is 5.69 Å². The lowest BCUT2D eigenvalue weighted by atomic mass is 10.2. The summed E-state index contributed by atoms with van der Waals surface area (Å²) in [5.41, 5.74) is 1.53. The summed E-state index contributed by atoms with van der Waals surface area (Å²) < 4.78 is 0. The van der Waals surface area contributed by atoms with E-state index in [1.54, 1.807) is 17.4 Å². The molecule has 0 aliphatic carbocycles. The van der Waals surface area contributed by atoms with Crippen molar-refractivity contribution in [3.63, 3.8) is 0 Å². The molecule has 2 aromatic rings. The van der Waals surface area contributed by atoms with Gasteiger partial charge >= 0.3 is 0 Å². The maximum Gasteiger partial charge on any atom is 0.101 e. The van der Waals surface area contributed by atoms with Gasteiger partial charge in [-0.05, 0) is 29.6 Å². The van der Waals surface area contributed by atoms with Crippen LogP contribution in [0.2, 0.25) is 5.02 Å². The first-order valence-corrected chi connectivity index (χ1v) is 6.39. The van der Waals surface area contributed by atoms with E-state index in [4.69, 9.17) is 16.9 Å². The minimum absolute atomic E-state index is 0.503. The molecule has 0 bridgehead atoms. The minimum Gasteiger partial charge on any atom is -0.369 e. The van der Waals surface area contributed by atoms with E-state index in [-0.39, 0.29) is 0 Å². The molecule has 1 heterocycles. The number of benzene rings is 1. The molecule has 0 fully saturated rings. The van der Waals surface area contributed by atoms with E-state index in [2.05, 4.69) is 22.4 Å². The van der Waals surface area contributed by atoms with Gasteiger partial charge in [-0.1, -0.05) is 17.7 Å². The number of nitriles is 1. The summed E-state index contributed by atoms with van der Waals surface area (Å²) in [7, 11) is 2.01. The van der Waals surface area contributed by atoms with Crippen molar-refractivity contribution < 1.29 is 0 Å². The van der Waals surface area contributed by atoms with E-state index < -0.39 is 0 Å². The molecule has 0 saturated heterocycles.